The molecule has 1 aromatic heterocycles. The second kappa shape index (κ2) is 9.82. The lowest BCUT2D eigenvalue weighted by Crippen LogP contribution is -2.13. The number of benzene rings is 2. The van der Waals surface area contributed by atoms with Crippen molar-refractivity contribution < 1.29 is 9.59 Å². The molecule has 0 bridgehead atoms. The lowest BCUT2D eigenvalue weighted by molar-refractivity contribution is -0.114. The van der Waals surface area contributed by atoms with Gasteiger partial charge in [0.2, 0.25) is 16.9 Å². The first-order valence-corrected chi connectivity index (χ1v) is 10.3. The molecular weight excluding hydrogens is 392 g/mol. The molecule has 8 heteroatoms. The average Bonchev–Trinajstić information content (AvgIpc) is 3.10. The van der Waals surface area contributed by atoms with Crippen LogP contribution in [0.1, 0.15) is 10.6 Å². The number of carbonyl (C=O) groups excluding carboxylic acids is 2. The first kappa shape index (κ1) is 19.8. The average molecular weight is 411 g/mol. The van der Waals surface area contributed by atoms with Crippen LogP contribution in [-0.2, 0) is 9.59 Å². The molecule has 0 fully saturated rings. The number of carbonyl (C=O) groups is 2. The Kier molecular flexibility index (Phi) is 6.94. The molecule has 6 nitrogen and oxygen atoms in total. The summed E-state index contributed by atoms with van der Waals surface area (Å²) in [6, 6.07) is 17.0. The zero-order valence-electron chi connectivity index (χ0n) is 15.1. The second-order valence-electron chi connectivity index (χ2n) is 5.72. The molecule has 2 N–H and O–H groups in total. The van der Waals surface area contributed by atoms with Crippen LogP contribution in [0.15, 0.2) is 65.6 Å². The summed E-state index contributed by atoms with van der Waals surface area (Å²) in [5, 5.41) is 14.6. The predicted molar refractivity (Wildman–Crippen MR) is 115 cm³/mol. The number of rotatable bonds is 7. The largest absolute Gasteiger partial charge is 0.322 e. The highest BCUT2D eigenvalue weighted by molar-refractivity contribution is 8.00. The number of amides is 2. The molecule has 3 rings (SSSR count). The molecule has 0 atom stereocenters. The van der Waals surface area contributed by atoms with Crippen LogP contribution in [0.4, 0.5) is 10.8 Å². The highest BCUT2D eigenvalue weighted by atomic mass is 32.2. The monoisotopic (exact) mass is 410 g/mol. The van der Waals surface area contributed by atoms with Gasteiger partial charge < -0.3 is 5.32 Å². The van der Waals surface area contributed by atoms with E-state index in [1.54, 1.807) is 6.08 Å². The topological polar surface area (TPSA) is 84.0 Å². The van der Waals surface area contributed by atoms with E-state index in [1.807, 2.05) is 61.5 Å². The van der Waals surface area contributed by atoms with E-state index in [-0.39, 0.29) is 17.6 Å². The quantitative estimate of drug-likeness (QED) is 0.450. The molecule has 0 aliphatic heterocycles. The van der Waals surface area contributed by atoms with Gasteiger partial charge in [-0.05, 0) is 36.8 Å². The van der Waals surface area contributed by atoms with Crippen molar-refractivity contribution in [2.75, 3.05) is 16.4 Å². The van der Waals surface area contributed by atoms with Crippen molar-refractivity contribution >= 4 is 51.8 Å². The molecule has 0 aliphatic carbocycles. The van der Waals surface area contributed by atoms with Crippen LogP contribution in [0.3, 0.4) is 0 Å². The van der Waals surface area contributed by atoms with Gasteiger partial charge in [0.05, 0.1) is 5.75 Å². The van der Waals surface area contributed by atoms with E-state index >= 15 is 0 Å². The molecule has 2 aromatic carbocycles. The van der Waals surface area contributed by atoms with Gasteiger partial charge in [0.25, 0.3) is 0 Å². The van der Waals surface area contributed by atoms with Crippen molar-refractivity contribution in [3.63, 3.8) is 0 Å². The Morgan fingerprint density at radius 2 is 1.89 bits per heavy atom. The van der Waals surface area contributed by atoms with Gasteiger partial charge in [0.1, 0.15) is 5.01 Å². The number of anilines is 2. The van der Waals surface area contributed by atoms with Gasteiger partial charge in [-0.15, -0.1) is 22.0 Å². The van der Waals surface area contributed by atoms with E-state index in [1.165, 1.54) is 29.2 Å². The highest BCUT2D eigenvalue weighted by Gasteiger charge is 2.08. The Morgan fingerprint density at radius 1 is 1.07 bits per heavy atom. The van der Waals surface area contributed by atoms with Gasteiger partial charge in [-0.1, -0.05) is 47.7 Å². The number of aromatic nitrogens is 2. The van der Waals surface area contributed by atoms with Crippen LogP contribution in [0.25, 0.3) is 6.08 Å². The molecule has 142 valence electrons. The molecule has 1 heterocycles. The van der Waals surface area contributed by atoms with Gasteiger partial charge in [0, 0.05) is 16.7 Å². The highest BCUT2D eigenvalue weighted by Crippen LogP contribution is 2.22. The van der Waals surface area contributed by atoms with Crippen molar-refractivity contribution in [2.45, 2.75) is 11.8 Å². The Bertz CT molecular complexity index is 987. The molecule has 3 aromatic rings. The van der Waals surface area contributed by atoms with E-state index in [9.17, 15) is 9.59 Å². The summed E-state index contributed by atoms with van der Waals surface area (Å²) >= 11 is 2.71. The molecule has 0 spiro atoms. The minimum Gasteiger partial charge on any atom is -0.322 e. The number of hydrogen-bond donors (Lipinski definition) is 2. The van der Waals surface area contributed by atoms with E-state index in [0.717, 1.165) is 15.5 Å². The Morgan fingerprint density at radius 3 is 2.64 bits per heavy atom. The smallest absolute Gasteiger partial charge is 0.248 e. The normalized spacial score (nSPS) is 10.8. The summed E-state index contributed by atoms with van der Waals surface area (Å²) in [5.74, 6) is -0.124. The van der Waals surface area contributed by atoms with Crippen LogP contribution < -0.4 is 10.6 Å². The first-order valence-electron chi connectivity index (χ1n) is 8.45. The third kappa shape index (κ3) is 6.33. The molecular formula is C20H18N4O2S2. The van der Waals surface area contributed by atoms with E-state index in [2.05, 4.69) is 20.8 Å². The van der Waals surface area contributed by atoms with Gasteiger partial charge in [-0.25, -0.2) is 0 Å². The number of aryl methyl sites for hydroxylation is 1. The van der Waals surface area contributed by atoms with Crippen LogP contribution in [0.5, 0.6) is 0 Å². The van der Waals surface area contributed by atoms with Crippen LogP contribution in [0, 0.1) is 6.92 Å². The van der Waals surface area contributed by atoms with Gasteiger partial charge in [-0.3, -0.25) is 14.9 Å². The fraction of sp³-hybridized carbons (Fsp3) is 0.100. The maximum atomic E-state index is 12.1. The van der Waals surface area contributed by atoms with Gasteiger partial charge >= 0.3 is 0 Å². The van der Waals surface area contributed by atoms with Crippen molar-refractivity contribution in [1.82, 2.24) is 10.2 Å². The molecule has 0 radical (unpaired) electrons. The fourth-order valence-electron chi connectivity index (χ4n) is 2.23. The summed E-state index contributed by atoms with van der Waals surface area (Å²) in [6.07, 6.45) is 3.25. The summed E-state index contributed by atoms with van der Waals surface area (Å²) in [4.78, 5) is 25.0. The zero-order valence-corrected chi connectivity index (χ0v) is 16.7. The van der Waals surface area contributed by atoms with E-state index < -0.39 is 0 Å². The summed E-state index contributed by atoms with van der Waals surface area (Å²) < 4.78 is 0. The minimum absolute atomic E-state index is 0.151. The fourth-order valence-corrected chi connectivity index (χ4v) is 3.60. The molecule has 0 saturated carbocycles. The Balaban J connectivity index is 1.51. The molecule has 0 aliphatic rings. The van der Waals surface area contributed by atoms with Crippen LogP contribution in [0.2, 0.25) is 0 Å². The first-order chi connectivity index (χ1) is 13.6. The molecule has 28 heavy (non-hydrogen) atoms. The SMILES string of the molecule is Cc1nnc(NC(=O)CSc2cccc(NC(=O)/C=C/c3ccccc3)c2)s1. The zero-order chi connectivity index (χ0) is 19.8. The third-order valence-electron chi connectivity index (χ3n) is 3.47. The number of hydrogen-bond acceptors (Lipinski definition) is 6. The lowest BCUT2D eigenvalue weighted by atomic mass is 10.2. The van der Waals surface area contributed by atoms with Crippen molar-refractivity contribution in [3.05, 3.63) is 71.2 Å². The molecule has 2 amide bonds. The Labute approximate surface area is 171 Å². The van der Waals surface area contributed by atoms with E-state index in [0.29, 0.717) is 10.8 Å². The number of thioether (sulfide) groups is 1. The van der Waals surface area contributed by atoms with E-state index in [4.69, 9.17) is 0 Å². The minimum atomic E-state index is -0.213. The number of nitrogens with one attached hydrogen (secondary N) is 2. The van der Waals surface area contributed by atoms with Crippen LogP contribution >= 0.6 is 23.1 Å². The molecule has 0 unspecified atom stereocenters. The van der Waals surface area contributed by atoms with Crippen molar-refractivity contribution in [3.8, 4) is 0 Å². The van der Waals surface area contributed by atoms with Crippen LogP contribution in [-0.4, -0.2) is 27.8 Å². The number of nitrogens with zero attached hydrogens (tertiary/aromatic N) is 2. The van der Waals surface area contributed by atoms with Gasteiger partial charge in [-0.2, -0.15) is 0 Å². The third-order valence-corrected chi connectivity index (χ3v) is 5.22. The van der Waals surface area contributed by atoms with Crippen molar-refractivity contribution in [1.29, 1.82) is 0 Å². The standard InChI is InChI=1S/C20H18N4O2S2/c1-14-23-24-20(28-14)22-19(26)13-27-17-9-5-8-16(12-17)21-18(25)11-10-15-6-3-2-4-7-15/h2-12H,13H2,1H3,(H,21,25)(H,22,24,26)/b11-10+. The maximum absolute atomic E-state index is 12.1. The summed E-state index contributed by atoms with van der Waals surface area (Å²) in [5.41, 5.74) is 1.63. The summed E-state index contributed by atoms with van der Waals surface area (Å²) in [7, 11) is 0. The second-order valence-corrected chi connectivity index (χ2v) is 7.95. The Hall–Kier alpha value is -2.97. The lowest BCUT2D eigenvalue weighted by Gasteiger charge is -2.06. The summed E-state index contributed by atoms with van der Waals surface area (Å²) in [6.45, 7) is 1.83. The predicted octanol–water partition coefficient (Wildman–Crippen LogP) is 4.23. The maximum Gasteiger partial charge on any atom is 0.248 e. The molecule has 0 saturated heterocycles. The van der Waals surface area contributed by atoms with Crippen molar-refractivity contribution in [2.24, 2.45) is 0 Å². The van der Waals surface area contributed by atoms with Gasteiger partial charge in [0.15, 0.2) is 0 Å².